The Hall–Kier alpha value is -1.06. The van der Waals surface area contributed by atoms with Crippen LogP contribution in [0.2, 0.25) is 0 Å². The zero-order chi connectivity index (χ0) is 9.90. The lowest BCUT2D eigenvalue weighted by Crippen LogP contribution is -2.50. The molecule has 0 aromatic carbocycles. The summed E-state index contributed by atoms with van der Waals surface area (Å²) in [5, 5.41) is 2.51. The Morgan fingerprint density at radius 2 is 2.08 bits per heavy atom. The van der Waals surface area contributed by atoms with Crippen LogP contribution in [-0.2, 0) is 14.3 Å². The number of esters is 1. The van der Waals surface area contributed by atoms with E-state index in [0.29, 0.717) is 19.4 Å². The summed E-state index contributed by atoms with van der Waals surface area (Å²) in [4.78, 5) is 22.9. The maximum Gasteiger partial charge on any atom is 0.321 e. The highest BCUT2D eigenvalue weighted by atomic mass is 16.5. The van der Waals surface area contributed by atoms with Gasteiger partial charge in [0, 0.05) is 7.05 Å². The highest BCUT2D eigenvalue weighted by molar-refractivity contribution is 6.03. The van der Waals surface area contributed by atoms with Crippen molar-refractivity contribution in [2.75, 3.05) is 13.7 Å². The van der Waals surface area contributed by atoms with Crippen molar-refractivity contribution in [3.63, 3.8) is 0 Å². The van der Waals surface area contributed by atoms with Gasteiger partial charge in [0.05, 0.1) is 6.61 Å². The van der Waals surface area contributed by atoms with Gasteiger partial charge in [-0.1, -0.05) is 6.42 Å². The van der Waals surface area contributed by atoms with E-state index in [1.165, 1.54) is 0 Å². The number of carbonyl (C=O) groups excluding carboxylic acids is 2. The van der Waals surface area contributed by atoms with Gasteiger partial charge in [-0.05, 0) is 19.8 Å². The molecule has 1 rings (SSSR count). The first kappa shape index (κ1) is 10.0. The van der Waals surface area contributed by atoms with Gasteiger partial charge in [0.2, 0.25) is 5.91 Å². The standard InChI is InChI=1S/C9H15NO3/c1-3-13-8(12)9(5-4-6-9)7(11)10-2/h3-6H2,1-2H3,(H,10,11). The molecular weight excluding hydrogens is 170 g/mol. The van der Waals surface area contributed by atoms with Crippen LogP contribution in [0, 0.1) is 5.41 Å². The summed E-state index contributed by atoms with van der Waals surface area (Å²) in [6, 6.07) is 0. The smallest absolute Gasteiger partial charge is 0.321 e. The molecule has 0 radical (unpaired) electrons. The molecule has 0 aromatic heterocycles. The average molecular weight is 185 g/mol. The van der Waals surface area contributed by atoms with Crippen molar-refractivity contribution in [1.29, 1.82) is 0 Å². The highest BCUT2D eigenvalue weighted by Gasteiger charge is 2.51. The molecule has 0 heterocycles. The Bertz CT molecular complexity index is 221. The summed E-state index contributed by atoms with van der Waals surface area (Å²) in [6.45, 7) is 2.08. The molecule has 74 valence electrons. The number of carbonyl (C=O) groups is 2. The molecule has 0 unspecified atom stereocenters. The van der Waals surface area contributed by atoms with Crippen LogP contribution in [0.15, 0.2) is 0 Å². The predicted octanol–water partition coefficient (Wildman–Crippen LogP) is 0.466. The summed E-state index contributed by atoms with van der Waals surface area (Å²) in [5.41, 5.74) is -0.870. The number of amides is 1. The molecule has 1 saturated carbocycles. The maximum atomic E-state index is 11.5. The molecule has 0 aromatic rings. The highest BCUT2D eigenvalue weighted by Crippen LogP contribution is 2.42. The topological polar surface area (TPSA) is 55.4 Å². The SMILES string of the molecule is CCOC(=O)C1(C(=O)NC)CCC1. The van der Waals surface area contributed by atoms with Crippen molar-refractivity contribution in [1.82, 2.24) is 5.32 Å². The molecule has 4 nitrogen and oxygen atoms in total. The van der Waals surface area contributed by atoms with Gasteiger partial charge in [-0.25, -0.2) is 0 Å². The molecule has 1 aliphatic carbocycles. The Balaban J connectivity index is 2.69. The van der Waals surface area contributed by atoms with Crippen LogP contribution >= 0.6 is 0 Å². The molecule has 4 heteroatoms. The van der Waals surface area contributed by atoms with E-state index in [4.69, 9.17) is 4.74 Å². The fourth-order valence-corrected chi connectivity index (χ4v) is 1.56. The van der Waals surface area contributed by atoms with Crippen LogP contribution in [0.1, 0.15) is 26.2 Å². The van der Waals surface area contributed by atoms with Crippen molar-refractivity contribution in [3.05, 3.63) is 0 Å². The summed E-state index contributed by atoms with van der Waals surface area (Å²) in [5.74, 6) is -0.585. The van der Waals surface area contributed by atoms with Crippen LogP contribution in [0.4, 0.5) is 0 Å². The van der Waals surface area contributed by atoms with Gasteiger partial charge in [-0.2, -0.15) is 0 Å². The molecule has 0 aliphatic heterocycles. The second-order valence-electron chi connectivity index (χ2n) is 3.24. The van der Waals surface area contributed by atoms with Gasteiger partial charge in [0.1, 0.15) is 5.41 Å². The predicted molar refractivity (Wildman–Crippen MR) is 47.0 cm³/mol. The van der Waals surface area contributed by atoms with Crippen LogP contribution in [0.5, 0.6) is 0 Å². The summed E-state index contributed by atoms with van der Waals surface area (Å²) < 4.78 is 4.87. The van der Waals surface area contributed by atoms with Crippen molar-refractivity contribution in [2.45, 2.75) is 26.2 Å². The summed E-state index contributed by atoms with van der Waals surface area (Å²) in [7, 11) is 1.54. The minimum absolute atomic E-state index is 0.211. The Morgan fingerprint density at radius 1 is 1.46 bits per heavy atom. The fraction of sp³-hybridized carbons (Fsp3) is 0.778. The molecule has 0 bridgehead atoms. The minimum atomic E-state index is -0.870. The summed E-state index contributed by atoms with van der Waals surface area (Å²) >= 11 is 0. The van der Waals surface area contributed by atoms with E-state index in [2.05, 4.69) is 5.32 Å². The minimum Gasteiger partial charge on any atom is -0.465 e. The van der Waals surface area contributed by atoms with Gasteiger partial charge in [0.15, 0.2) is 0 Å². The molecule has 1 aliphatic rings. The zero-order valence-electron chi connectivity index (χ0n) is 8.05. The molecule has 0 spiro atoms. The van der Waals surface area contributed by atoms with E-state index in [1.54, 1.807) is 14.0 Å². The normalized spacial score (nSPS) is 18.6. The van der Waals surface area contributed by atoms with Crippen LogP contribution in [0.3, 0.4) is 0 Å². The maximum absolute atomic E-state index is 11.5. The van der Waals surface area contributed by atoms with Gasteiger partial charge < -0.3 is 10.1 Å². The van der Waals surface area contributed by atoms with Crippen molar-refractivity contribution in [3.8, 4) is 0 Å². The number of nitrogens with one attached hydrogen (secondary N) is 1. The molecule has 1 amide bonds. The van der Waals surface area contributed by atoms with Crippen molar-refractivity contribution in [2.24, 2.45) is 5.41 Å². The molecule has 13 heavy (non-hydrogen) atoms. The third kappa shape index (κ3) is 1.53. The number of hydrogen-bond acceptors (Lipinski definition) is 3. The second kappa shape index (κ2) is 3.77. The third-order valence-electron chi connectivity index (χ3n) is 2.53. The first-order valence-electron chi connectivity index (χ1n) is 4.57. The van der Waals surface area contributed by atoms with E-state index < -0.39 is 5.41 Å². The number of rotatable bonds is 3. The number of hydrogen-bond donors (Lipinski definition) is 1. The van der Waals surface area contributed by atoms with Gasteiger partial charge in [-0.15, -0.1) is 0 Å². The van der Waals surface area contributed by atoms with Crippen molar-refractivity contribution >= 4 is 11.9 Å². The zero-order valence-corrected chi connectivity index (χ0v) is 8.05. The molecular formula is C9H15NO3. The molecule has 0 saturated heterocycles. The van der Waals surface area contributed by atoms with Crippen molar-refractivity contribution < 1.29 is 14.3 Å². The van der Waals surface area contributed by atoms with Crippen LogP contribution in [-0.4, -0.2) is 25.5 Å². The second-order valence-corrected chi connectivity index (χ2v) is 3.24. The first-order valence-corrected chi connectivity index (χ1v) is 4.57. The average Bonchev–Trinajstić information content (AvgIpc) is 2.02. The van der Waals surface area contributed by atoms with Crippen LogP contribution < -0.4 is 5.32 Å². The Kier molecular flexibility index (Phi) is 2.90. The van der Waals surface area contributed by atoms with Gasteiger partial charge >= 0.3 is 5.97 Å². The van der Waals surface area contributed by atoms with E-state index in [9.17, 15) is 9.59 Å². The third-order valence-corrected chi connectivity index (χ3v) is 2.53. The van der Waals surface area contributed by atoms with E-state index >= 15 is 0 Å². The van der Waals surface area contributed by atoms with E-state index in [1.807, 2.05) is 0 Å². The lowest BCUT2D eigenvalue weighted by atomic mass is 9.68. The largest absolute Gasteiger partial charge is 0.465 e. The van der Waals surface area contributed by atoms with Gasteiger partial charge in [-0.3, -0.25) is 9.59 Å². The van der Waals surface area contributed by atoms with Gasteiger partial charge in [0.25, 0.3) is 0 Å². The molecule has 1 N–H and O–H groups in total. The number of ether oxygens (including phenoxy) is 1. The lowest BCUT2D eigenvalue weighted by molar-refractivity contribution is -0.167. The Labute approximate surface area is 77.6 Å². The van der Waals surface area contributed by atoms with E-state index in [-0.39, 0.29) is 11.9 Å². The Morgan fingerprint density at radius 3 is 2.38 bits per heavy atom. The monoisotopic (exact) mass is 185 g/mol. The van der Waals surface area contributed by atoms with E-state index in [0.717, 1.165) is 6.42 Å². The quantitative estimate of drug-likeness (QED) is 0.513. The fourth-order valence-electron chi connectivity index (χ4n) is 1.56. The molecule has 0 atom stereocenters. The lowest BCUT2D eigenvalue weighted by Gasteiger charge is -2.36. The first-order chi connectivity index (χ1) is 6.17. The van der Waals surface area contributed by atoms with Crippen LogP contribution in [0.25, 0.3) is 0 Å². The molecule has 1 fully saturated rings. The summed E-state index contributed by atoms with van der Waals surface area (Å²) in [6.07, 6.45) is 2.16.